The third-order valence-corrected chi connectivity index (χ3v) is 5.63. The summed E-state index contributed by atoms with van der Waals surface area (Å²) in [7, 11) is 0. The van der Waals surface area contributed by atoms with Gasteiger partial charge in [-0.3, -0.25) is 4.79 Å². The van der Waals surface area contributed by atoms with Crippen LogP contribution in [0.3, 0.4) is 0 Å². The van der Waals surface area contributed by atoms with Crippen molar-refractivity contribution in [1.29, 1.82) is 0 Å². The first-order valence-electron chi connectivity index (χ1n) is 8.28. The summed E-state index contributed by atoms with van der Waals surface area (Å²) >= 11 is 1.58. The molecule has 0 unspecified atom stereocenters. The van der Waals surface area contributed by atoms with E-state index in [9.17, 15) is 4.79 Å². The zero-order chi connectivity index (χ0) is 14.5. The quantitative estimate of drug-likeness (QED) is 0.846. The van der Waals surface area contributed by atoms with Crippen LogP contribution in [0.5, 0.6) is 0 Å². The summed E-state index contributed by atoms with van der Waals surface area (Å²) in [6.45, 7) is 0. The molecular formula is C16H25N3OS. The summed E-state index contributed by atoms with van der Waals surface area (Å²) in [4.78, 5) is 16.5. The monoisotopic (exact) mass is 307 g/mol. The molecule has 0 atom stereocenters. The van der Waals surface area contributed by atoms with E-state index in [1.807, 2.05) is 6.20 Å². The van der Waals surface area contributed by atoms with E-state index in [2.05, 4.69) is 21.1 Å². The lowest BCUT2D eigenvalue weighted by molar-refractivity contribution is -0.119. The van der Waals surface area contributed by atoms with Crippen molar-refractivity contribution in [2.45, 2.75) is 75.0 Å². The molecule has 1 N–H and O–H groups in total. The number of hydrogen-bond donors (Lipinski definition) is 1. The van der Waals surface area contributed by atoms with Crippen LogP contribution < -0.4 is 5.32 Å². The number of carbonyl (C=O) groups is 1. The van der Waals surface area contributed by atoms with Gasteiger partial charge >= 0.3 is 0 Å². The van der Waals surface area contributed by atoms with Gasteiger partial charge in [-0.25, -0.2) is 4.98 Å². The Balaban J connectivity index is 1.50. The molecule has 2 aliphatic carbocycles. The normalized spacial score (nSPS) is 20.8. The van der Waals surface area contributed by atoms with Gasteiger partial charge in [0.15, 0.2) is 5.16 Å². The SMILES string of the molecule is O=C(CSc1nccn1C1CCCCC1)NC1CCCC1. The number of nitrogens with zero attached hydrogens (tertiary/aromatic N) is 2. The molecule has 0 aliphatic heterocycles. The van der Waals surface area contributed by atoms with Gasteiger partial charge in [-0.05, 0) is 25.7 Å². The van der Waals surface area contributed by atoms with Gasteiger partial charge in [-0.15, -0.1) is 0 Å². The second kappa shape index (κ2) is 7.34. The Hall–Kier alpha value is -0.970. The van der Waals surface area contributed by atoms with Gasteiger partial charge in [0, 0.05) is 24.5 Å². The fourth-order valence-corrected chi connectivity index (χ4v) is 4.36. The van der Waals surface area contributed by atoms with Crippen LogP contribution in [0.15, 0.2) is 17.6 Å². The molecular weight excluding hydrogens is 282 g/mol. The fraction of sp³-hybridized carbons (Fsp3) is 0.750. The smallest absolute Gasteiger partial charge is 0.230 e. The maximum atomic E-state index is 12.0. The highest BCUT2D eigenvalue weighted by Crippen LogP contribution is 2.31. The standard InChI is InChI=1S/C16H25N3OS/c20-15(18-13-6-4-5-7-13)12-21-16-17-10-11-19(16)14-8-2-1-3-9-14/h10-11,13-14H,1-9,12H2,(H,18,20). The highest BCUT2D eigenvalue weighted by Gasteiger charge is 2.20. The van der Waals surface area contributed by atoms with E-state index < -0.39 is 0 Å². The minimum Gasteiger partial charge on any atom is -0.353 e. The van der Waals surface area contributed by atoms with E-state index >= 15 is 0 Å². The highest BCUT2D eigenvalue weighted by molar-refractivity contribution is 7.99. The largest absolute Gasteiger partial charge is 0.353 e. The summed E-state index contributed by atoms with van der Waals surface area (Å²) in [5.41, 5.74) is 0. The van der Waals surface area contributed by atoms with E-state index in [1.54, 1.807) is 11.8 Å². The molecule has 116 valence electrons. The predicted octanol–water partition coefficient (Wildman–Crippen LogP) is 3.54. The molecule has 3 rings (SSSR count). The Bertz CT molecular complexity index is 462. The Kier molecular flexibility index (Phi) is 5.22. The maximum Gasteiger partial charge on any atom is 0.230 e. The summed E-state index contributed by atoms with van der Waals surface area (Å²) in [5.74, 6) is 0.644. The van der Waals surface area contributed by atoms with E-state index in [-0.39, 0.29) is 5.91 Å². The molecule has 2 aliphatic rings. The average Bonchev–Trinajstić information content (AvgIpc) is 3.17. The van der Waals surface area contributed by atoms with Crippen molar-refractivity contribution in [2.24, 2.45) is 0 Å². The predicted molar refractivity (Wildman–Crippen MR) is 85.5 cm³/mol. The second-order valence-corrected chi connectivity index (χ2v) is 7.19. The average molecular weight is 307 g/mol. The van der Waals surface area contributed by atoms with Crippen molar-refractivity contribution in [3.05, 3.63) is 12.4 Å². The number of thioether (sulfide) groups is 1. The molecule has 0 aromatic carbocycles. The van der Waals surface area contributed by atoms with E-state index in [4.69, 9.17) is 0 Å². The van der Waals surface area contributed by atoms with Gasteiger partial charge in [0.1, 0.15) is 0 Å². The third-order valence-electron chi connectivity index (χ3n) is 4.65. The Morgan fingerprint density at radius 3 is 2.67 bits per heavy atom. The van der Waals surface area contributed by atoms with Crippen LogP contribution in [0.25, 0.3) is 0 Å². The minimum absolute atomic E-state index is 0.157. The van der Waals surface area contributed by atoms with Gasteiger partial charge < -0.3 is 9.88 Å². The Morgan fingerprint density at radius 2 is 1.90 bits per heavy atom. The maximum absolute atomic E-state index is 12.0. The van der Waals surface area contributed by atoms with Gasteiger partial charge in [0.25, 0.3) is 0 Å². The number of amides is 1. The molecule has 0 bridgehead atoms. The van der Waals surface area contributed by atoms with Crippen molar-refractivity contribution in [1.82, 2.24) is 14.9 Å². The van der Waals surface area contributed by atoms with Crippen molar-refractivity contribution >= 4 is 17.7 Å². The van der Waals surface area contributed by atoms with Crippen LogP contribution in [0.2, 0.25) is 0 Å². The van der Waals surface area contributed by atoms with Gasteiger partial charge in [-0.2, -0.15) is 0 Å². The molecule has 5 heteroatoms. The van der Waals surface area contributed by atoms with Gasteiger partial charge in [0.2, 0.25) is 5.91 Å². The van der Waals surface area contributed by atoms with Crippen LogP contribution in [-0.4, -0.2) is 27.3 Å². The molecule has 1 aromatic rings. The number of aromatic nitrogens is 2. The highest BCUT2D eigenvalue weighted by atomic mass is 32.2. The topological polar surface area (TPSA) is 46.9 Å². The summed E-state index contributed by atoms with van der Waals surface area (Å²) in [6.07, 6.45) is 15.2. The van der Waals surface area contributed by atoms with E-state index in [0.29, 0.717) is 17.8 Å². The number of hydrogen-bond acceptors (Lipinski definition) is 3. The van der Waals surface area contributed by atoms with Crippen molar-refractivity contribution in [3.63, 3.8) is 0 Å². The van der Waals surface area contributed by atoms with Crippen LogP contribution >= 0.6 is 11.8 Å². The first kappa shape index (κ1) is 14.9. The number of imidazole rings is 1. The molecule has 21 heavy (non-hydrogen) atoms. The fourth-order valence-electron chi connectivity index (χ4n) is 3.52. The van der Waals surface area contributed by atoms with Crippen LogP contribution in [0.1, 0.15) is 63.8 Å². The molecule has 4 nitrogen and oxygen atoms in total. The first-order chi connectivity index (χ1) is 10.3. The lowest BCUT2D eigenvalue weighted by Crippen LogP contribution is -2.33. The van der Waals surface area contributed by atoms with E-state index in [0.717, 1.165) is 18.0 Å². The second-order valence-electron chi connectivity index (χ2n) is 6.25. The Morgan fingerprint density at radius 1 is 1.19 bits per heavy atom. The van der Waals surface area contributed by atoms with Gasteiger partial charge in [-0.1, -0.05) is 43.9 Å². The molecule has 0 saturated heterocycles. The van der Waals surface area contributed by atoms with Crippen molar-refractivity contribution < 1.29 is 4.79 Å². The third kappa shape index (κ3) is 4.02. The van der Waals surface area contributed by atoms with Crippen molar-refractivity contribution in [2.75, 3.05) is 5.75 Å². The van der Waals surface area contributed by atoms with Crippen molar-refractivity contribution in [3.8, 4) is 0 Å². The molecule has 1 heterocycles. The molecule has 2 saturated carbocycles. The number of rotatable bonds is 5. The molecule has 2 fully saturated rings. The molecule has 1 amide bonds. The molecule has 0 spiro atoms. The summed E-state index contributed by atoms with van der Waals surface area (Å²) in [5, 5.41) is 4.15. The van der Waals surface area contributed by atoms with Gasteiger partial charge in [0.05, 0.1) is 5.75 Å². The first-order valence-corrected chi connectivity index (χ1v) is 9.26. The Labute approximate surface area is 131 Å². The van der Waals surface area contributed by atoms with E-state index in [1.165, 1.54) is 44.9 Å². The zero-order valence-electron chi connectivity index (χ0n) is 12.6. The summed E-state index contributed by atoms with van der Waals surface area (Å²) < 4.78 is 2.28. The van der Waals surface area contributed by atoms with Crippen LogP contribution in [0, 0.1) is 0 Å². The molecule has 1 aromatic heterocycles. The number of carbonyl (C=O) groups excluding carboxylic acids is 1. The summed E-state index contributed by atoms with van der Waals surface area (Å²) in [6, 6.07) is 0.998. The van der Waals surface area contributed by atoms with Crippen LogP contribution in [0.4, 0.5) is 0 Å². The zero-order valence-corrected chi connectivity index (χ0v) is 13.4. The van der Waals surface area contributed by atoms with Crippen LogP contribution in [-0.2, 0) is 4.79 Å². The molecule has 0 radical (unpaired) electrons. The lowest BCUT2D eigenvalue weighted by Gasteiger charge is -2.24. The lowest BCUT2D eigenvalue weighted by atomic mass is 9.95. The number of nitrogens with one attached hydrogen (secondary N) is 1. The minimum atomic E-state index is 0.157.